The van der Waals surface area contributed by atoms with Gasteiger partial charge in [-0.15, -0.1) is 0 Å². The summed E-state index contributed by atoms with van der Waals surface area (Å²) in [7, 11) is 0. The highest BCUT2D eigenvalue weighted by Gasteiger charge is 2.35. The fourth-order valence-corrected chi connectivity index (χ4v) is 4.22. The largest absolute Gasteiger partial charge is 0.484 e. The molecule has 192 valence electrons. The van der Waals surface area contributed by atoms with Crippen molar-refractivity contribution in [2.45, 2.75) is 12.8 Å². The van der Waals surface area contributed by atoms with Gasteiger partial charge in [-0.1, -0.05) is 0 Å². The van der Waals surface area contributed by atoms with E-state index < -0.39 is 0 Å². The van der Waals surface area contributed by atoms with Crippen molar-refractivity contribution >= 4 is 29.1 Å². The first-order valence-corrected chi connectivity index (χ1v) is 12.1. The second-order valence-corrected chi connectivity index (χ2v) is 8.84. The highest BCUT2D eigenvalue weighted by Crippen LogP contribution is 2.27. The van der Waals surface area contributed by atoms with Crippen molar-refractivity contribution in [3.8, 4) is 5.75 Å². The Hall–Kier alpha value is -3.50. The monoisotopic (exact) mass is 498 g/mol. The molecule has 2 heterocycles. The van der Waals surface area contributed by atoms with Gasteiger partial charge in [-0.3, -0.25) is 19.3 Å². The summed E-state index contributed by atoms with van der Waals surface area (Å²) in [5.74, 6) is -0.872. The molecule has 10 heteroatoms. The van der Waals surface area contributed by atoms with Crippen LogP contribution < -0.4 is 20.3 Å². The van der Waals surface area contributed by atoms with Crippen molar-refractivity contribution in [2.75, 3.05) is 62.8 Å². The van der Waals surface area contributed by atoms with Gasteiger partial charge in [0.25, 0.3) is 5.91 Å². The number of benzene rings is 2. The number of hydrogen-bond acceptors (Lipinski definition) is 6. The minimum Gasteiger partial charge on any atom is -0.484 e. The van der Waals surface area contributed by atoms with Gasteiger partial charge in [0.1, 0.15) is 11.6 Å². The number of nitrogens with zero attached hydrogens (tertiary/aromatic N) is 2. The third-order valence-corrected chi connectivity index (χ3v) is 6.20. The number of carbonyl (C=O) groups is 3. The Morgan fingerprint density at radius 1 is 1.06 bits per heavy atom. The van der Waals surface area contributed by atoms with Gasteiger partial charge in [0, 0.05) is 44.0 Å². The second-order valence-electron chi connectivity index (χ2n) is 8.84. The van der Waals surface area contributed by atoms with Crippen LogP contribution in [0.4, 0.5) is 15.8 Å². The zero-order chi connectivity index (χ0) is 25.3. The van der Waals surface area contributed by atoms with Gasteiger partial charge in [0.2, 0.25) is 11.8 Å². The molecule has 0 radical (unpaired) electrons. The molecule has 36 heavy (non-hydrogen) atoms. The Morgan fingerprint density at radius 2 is 1.78 bits per heavy atom. The zero-order valence-electron chi connectivity index (χ0n) is 20.1. The number of carbonyl (C=O) groups excluding carboxylic acids is 3. The van der Waals surface area contributed by atoms with E-state index in [9.17, 15) is 18.8 Å². The number of rotatable bonds is 10. The highest BCUT2D eigenvalue weighted by atomic mass is 19.1. The van der Waals surface area contributed by atoms with E-state index >= 15 is 0 Å². The van der Waals surface area contributed by atoms with E-state index in [-0.39, 0.29) is 42.5 Å². The predicted octanol–water partition coefficient (Wildman–Crippen LogP) is 2.03. The first kappa shape index (κ1) is 25.6. The van der Waals surface area contributed by atoms with E-state index in [1.807, 2.05) is 0 Å². The Kier molecular flexibility index (Phi) is 8.85. The molecule has 0 aromatic heterocycles. The lowest BCUT2D eigenvalue weighted by atomic mass is 10.1. The first-order valence-electron chi connectivity index (χ1n) is 12.1. The van der Waals surface area contributed by atoms with Crippen LogP contribution in [0, 0.1) is 11.7 Å². The molecule has 2 aliphatic heterocycles. The SMILES string of the molecule is O=C(COc1ccc(N2C[C@H](C(=O)NCCCN3CCOCC3)CC2=O)cc1)Nc1ccc(F)cc1. The Bertz CT molecular complexity index is 1040. The smallest absolute Gasteiger partial charge is 0.262 e. The van der Waals surface area contributed by atoms with Crippen molar-refractivity contribution in [1.29, 1.82) is 0 Å². The molecule has 0 unspecified atom stereocenters. The summed E-state index contributed by atoms with van der Waals surface area (Å²) in [5, 5.41) is 5.58. The van der Waals surface area contributed by atoms with Gasteiger partial charge in [-0.05, 0) is 61.5 Å². The first-order chi connectivity index (χ1) is 17.5. The molecule has 2 saturated heterocycles. The van der Waals surface area contributed by atoms with E-state index in [4.69, 9.17) is 9.47 Å². The highest BCUT2D eigenvalue weighted by molar-refractivity contribution is 6.00. The van der Waals surface area contributed by atoms with E-state index in [1.165, 1.54) is 24.3 Å². The molecule has 0 aliphatic carbocycles. The van der Waals surface area contributed by atoms with Crippen LogP contribution >= 0.6 is 0 Å². The summed E-state index contributed by atoms with van der Waals surface area (Å²) in [4.78, 5) is 41.1. The van der Waals surface area contributed by atoms with Crippen LogP contribution in [0.25, 0.3) is 0 Å². The number of ether oxygens (including phenoxy) is 2. The Balaban J connectivity index is 1.19. The topological polar surface area (TPSA) is 100 Å². The standard InChI is InChI=1S/C26H31FN4O5/c27-20-2-4-21(5-3-20)29-24(32)18-36-23-8-6-22(7-9-23)31-17-19(16-25(31)33)26(34)28-10-1-11-30-12-14-35-15-13-30/h2-9,19H,1,10-18H2,(H,28,34)(H,29,32)/t19-/m1/s1. The van der Waals surface area contributed by atoms with Crippen LogP contribution in [0.3, 0.4) is 0 Å². The molecular weight excluding hydrogens is 467 g/mol. The van der Waals surface area contributed by atoms with Crippen LogP contribution in [-0.4, -0.2) is 75.2 Å². The lowest BCUT2D eigenvalue weighted by molar-refractivity contribution is -0.126. The van der Waals surface area contributed by atoms with Crippen molar-refractivity contribution in [3.05, 3.63) is 54.3 Å². The number of amides is 3. The molecule has 0 spiro atoms. The molecule has 2 aromatic carbocycles. The van der Waals surface area contributed by atoms with Crippen LogP contribution in [0.2, 0.25) is 0 Å². The summed E-state index contributed by atoms with van der Waals surface area (Å²) in [5.41, 5.74) is 1.15. The Morgan fingerprint density at radius 3 is 2.50 bits per heavy atom. The van der Waals surface area contributed by atoms with Gasteiger partial charge in [0.15, 0.2) is 6.61 Å². The molecule has 0 bridgehead atoms. The number of halogens is 1. The maximum atomic E-state index is 13.0. The molecule has 2 aliphatic rings. The van der Waals surface area contributed by atoms with Gasteiger partial charge in [-0.25, -0.2) is 4.39 Å². The molecule has 2 aromatic rings. The molecular formula is C26H31FN4O5. The fourth-order valence-electron chi connectivity index (χ4n) is 4.22. The lowest BCUT2D eigenvalue weighted by Gasteiger charge is -2.26. The number of hydrogen-bond donors (Lipinski definition) is 2. The van der Waals surface area contributed by atoms with Crippen molar-refractivity contribution < 1.29 is 28.2 Å². The van der Waals surface area contributed by atoms with Gasteiger partial charge in [-0.2, -0.15) is 0 Å². The van der Waals surface area contributed by atoms with Crippen molar-refractivity contribution in [3.63, 3.8) is 0 Å². The quantitative estimate of drug-likeness (QED) is 0.487. The minimum absolute atomic E-state index is 0.0973. The van der Waals surface area contributed by atoms with E-state index in [1.54, 1.807) is 29.2 Å². The fraction of sp³-hybridized carbons (Fsp3) is 0.423. The minimum atomic E-state index is -0.382. The van der Waals surface area contributed by atoms with Crippen molar-refractivity contribution in [1.82, 2.24) is 10.2 Å². The molecule has 2 fully saturated rings. The molecule has 3 amide bonds. The van der Waals surface area contributed by atoms with Gasteiger partial charge in [0.05, 0.1) is 19.1 Å². The average molecular weight is 499 g/mol. The maximum Gasteiger partial charge on any atom is 0.262 e. The molecule has 4 rings (SSSR count). The van der Waals surface area contributed by atoms with Crippen LogP contribution in [0.5, 0.6) is 5.75 Å². The average Bonchev–Trinajstić information content (AvgIpc) is 3.29. The normalized spacial score (nSPS) is 18.2. The summed E-state index contributed by atoms with van der Waals surface area (Å²) in [6.07, 6.45) is 1.04. The van der Waals surface area contributed by atoms with E-state index in [0.29, 0.717) is 30.2 Å². The number of nitrogens with one attached hydrogen (secondary N) is 2. The number of anilines is 2. The predicted molar refractivity (Wildman–Crippen MR) is 132 cm³/mol. The Labute approximate surface area is 209 Å². The van der Waals surface area contributed by atoms with E-state index in [2.05, 4.69) is 15.5 Å². The van der Waals surface area contributed by atoms with Gasteiger partial charge < -0.3 is 25.0 Å². The lowest BCUT2D eigenvalue weighted by Crippen LogP contribution is -2.39. The third kappa shape index (κ3) is 7.25. The molecule has 2 N–H and O–H groups in total. The summed E-state index contributed by atoms with van der Waals surface area (Å²) in [6.45, 7) is 4.98. The molecule has 0 saturated carbocycles. The summed E-state index contributed by atoms with van der Waals surface area (Å²) >= 11 is 0. The third-order valence-electron chi connectivity index (χ3n) is 6.20. The summed E-state index contributed by atoms with van der Waals surface area (Å²) < 4.78 is 23.8. The number of morpholine rings is 1. The molecule has 9 nitrogen and oxygen atoms in total. The van der Waals surface area contributed by atoms with Gasteiger partial charge >= 0.3 is 0 Å². The summed E-state index contributed by atoms with van der Waals surface area (Å²) in [6, 6.07) is 12.3. The second kappa shape index (κ2) is 12.5. The van der Waals surface area contributed by atoms with Crippen LogP contribution in [-0.2, 0) is 19.1 Å². The van der Waals surface area contributed by atoms with Crippen molar-refractivity contribution in [2.24, 2.45) is 5.92 Å². The zero-order valence-corrected chi connectivity index (χ0v) is 20.1. The van der Waals surface area contributed by atoms with Crippen LogP contribution in [0.1, 0.15) is 12.8 Å². The molecule has 1 atom stereocenters. The van der Waals surface area contributed by atoms with E-state index in [0.717, 1.165) is 39.3 Å². The van der Waals surface area contributed by atoms with Crippen LogP contribution in [0.15, 0.2) is 48.5 Å². The maximum absolute atomic E-state index is 13.0.